The van der Waals surface area contributed by atoms with Crippen LogP contribution >= 0.6 is 15.9 Å². The van der Waals surface area contributed by atoms with Gasteiger partial charge in [-0.2, -0.15) is 0 Å². The van der Waals surface area contributed by atoms with Crippen LogP contribution in [0.2, 0.25) is 0 Å². The van der Waals surface area contributed by atoms with Crippen molar-refractivity contribution in [3.63, 3.8) is 0 Å². The van der Waals surface area contributed by atoms with Crippen LogP contribution in [0.4, 0.5) is 20.2 Å². The smallest absolute Gasteiger partial charge is 0.257 e. The van der Waals surface area contributed by atoms with Crippen LogP contribution in [-0.4, -0.2) is 13.0 Å². The summed E-state index contributed by atoms with van der Waals surface area (Å²) in [5, 5.41) is 2.35. The molecular formula is C14H11BrF2N2O2. The molecule has 0 radical (unpaired) electrons. The maximum atomic E-state index is 13.7. The molecule has 0 aliphatic heterocycles. The first-order valence-corrected chi connectivity index (χ1v) is 6.61. The summed E-state index contributed by atoms with van der Waals surface area (Å²) < 4.78 is 31.7. The van der Waals surface area contributed by atoms with E-state index in [1.165, 1.54) is 19.2 Å². The minimum atomic E-state index is -0.887. The van der Waals surface area contributed by atoms with Gasteiger partial charge in [0.1, 0.15) is 11.6 Å². The van der Waals surface area contributed by atoms with Gasteiger partial charge in [-0.15, -0.1) is 0 Å². The van der Waals surface area contributed by atoms with Crippen LogP contribution < -0.4 is 15.8 Å². The lowest BCUT2D eigenvalue weighted by Crippen LogP contribution is -2.15. The number of nitrogens with one attached hydrogen (secondary N) is 1. The van der Waals surface area contributed by atoms with Crippen molar-refractivity contribution in [3.05, 3.63) is 52.0 Å². The predicted molar refractivity (Wildman–Crippen MR) is 79.4 cm³/mol. The van der Waals surface area contributed by atoms with Crippen molar-refractivity contribution in [3.8, 4) is 5.75 Å². The largest absolute Gasteiger partial charge is 0.497 e. The summed E-state index contributed by atoms with van der Waals surface area (Å²) in [5.41, 5.74) is 5.93. The highest BCUT2D eigenvalue weighted by molar-refractivity contribution is 9.10. The molecule has 1 amide bonds. The first kappa shape index (κ1) is 15.2. The Kier molecular flexibility index (Phi) is 4.42. The molecular weight excluding hydrogens is 346 g/mol. The Morgan fingerprint density at radius 2 is 2.00 bits per heavy atom. The van der Waals surface area contributed by atoms with E-state index in [2.05, 4.69) is 21.2 Å². The molecule has 0 saturated heterocycles. The third-order valence-electron chi connectivity index (χ3n) is 2.75. The molecule has 0 unspecified atom stereocenters. The molecule has 4 nitrogen and oxygen atoms in total. The summed E-state index contributed by atoms with van der Waals surface area (Å²) in [6.45, 7) is 0. The van der Waals surface area contributed by atoms with Gasteiger partial charge in [0.15, 0.2) is 5.82 Å². The maximum absolute atomic E-state index is 13.7. The van der Waals surface area contributed by atoms with E-state index in [1.807, 2.05) is 0 Å². The van der Waals surface area contributed by atoms with Crippen molar-refractivity contribution >= 4 is 33.2 Å². The monoisotopic (exact) mass is 356 g/mol. The summed E-state index contributed by atoms with van der Waals surface area (Å²) in [5.74, 6) is -1.75. The Hall–Kier alpha value is -2.15. The van der Waals surface area contributed by atoms with Gasteiger partial charge < -0.3 is 15.8 Å². The van der Waals surface area contributed by atoms with Gasteiger partial charge in [0.25, 0.3) is 5.91 Å². The molecule has 0 heterocycles. The van der Waals surface area contributed by atoms with Crippen molar-refractivity contribution < 1.29 is 18.3 Å². The number of rotatable bonds is 3. The molecule has 7 heteroatoms. The molecule has 3 N–H and O–H groups in total. The fourth-order valence-electron chi connectivity index (χ4n) is 1.72. The lowest BCUT2D eigenvalue weighted by molar-refractivity contribution is 0.102. The second-order valence-electron chi connectivity index (χ2n) is 4.15. The van der Waals surface area contributed by atoms with E-state index in [0.717, 1.165) is 6.07 Å². The zero-order valence-corrected chi connectivity index (χ0v) is 12.5. The molecule has 0 fully saturated rings. The number of carbonyl (C=O) groups is 1. The fourth-order valence-corrected chi connectivity index (χ4v) is 2.22. The van der Waals surface area contributed by atoms with Crippen LogP contribution in [0, 0.1) is 11.6 Å². The van der Waals surface area contributed by atoms with Crippen LogP contribution in [0.1, 0.15) is 10.4 Å². The zero-order chi connectivity index (χ0) is 15.6. The van der Waals surface area contributed by atoms with Crippen LogP contribution in [-0.2, 0) is 0 Å². The number of nitrogens with two attached hydrogens (primary N) is 1. The number of hydrogen-bond donors (Lipinski definition) is 2. The SMILES string of the molecule is COc1ccc(C(=O)Nc2c(F)cc(F)cc2Br)c(N)c1. The van der Waals surface area contributed by atoms with Gasteiger partial charge in [-0.3, -0.25) is 4.79 Å². The first-order chi connectivity index (χ1) is 9.92. The van der Waals surface area contributed by atoms with E-state index in [0.29, 0.717) is 11.8 Å². The fraction of sp³-hybridized carbons (Fsp3) is 0.0714. The van der Waals surface area contributed by atoms with E-state index in [9.17, 15) is 13.6 Å². The second-order valence-corrected chi connectivity index (χ2v) is 5.01. The van der Waals surface area contributed by atoms with Gasteiger partial charge in [-0.1, -0.05) is 0 Å². The van der Waals surface area contributed by atoms with Crippen LogP contribution in [0.5, 0.6) is 5.75 Å². The molecule has 0 aliphatic rings. The van der Waals surface area contributed by atoms with Gasteiger partial charge in [0, 0.05) is 22.3 Å². The van der Waals surface area contributed by atoms with Gasteiger partial charge in [0.2, 0.25) is 0 Å². The second kappa shape index (κ2) is 6.09. The minimum absolute atomic E-state index is 0.0976. The van der Waals surface area contributed by atoms with Crippen molar-refractivity contribution in [1.82, 2.24) is 0 Å². The molecule has 2 aromatic carbocycles. The highest BCUT2D eigenvalue weighted by Gasteiger charge is 2.16. The molecule has 2 aromatic rings. The van der Waals surface area contributed by atoms with Gasteiger partial charge in [0.05, 0.1) is 18.4 Å². The number of methoxy groups -OCH3 is 1. The number of hydrogen-bond acceptors (Lipinski definition) is 3. The van der Waals surface area contributed by atoms with E-state index in [1.54, 1.807) is 6.07 Å². The maximum Gasteiger partial charge on any atom is 0.257 e. The highest BCUT2D eigenvalue weighted by Crippen LogP contribution is 2.28. The highest BCUT2D eigenvalue weighted by atomic mass is 79.9. The Labute approximate surface area is 128 Å². The van der Waals surface area contributed by atoms with E-state index in [4.69, 9.17) is 10.5 Å². The first-order valence-electron chi connectivity index (χ1n) is 5.81. The number of amides is 1. The Morgan fingerprint density at radius 1 is 1.29 bits per heavy atom. The van der Waals surface area contributed by atoms with Gasteiger partial charge in [-0.25, -0.2) is 8.78 Å². The molecule has 110 valence electrons. The van der Waals surface area contributed by atoms with Gasteiger partial charge >= 0.3 is 0 Å². The molecule has 0 aliphatic carbocycles. The topological polar surface area (TPSA) is 64.3 Å². The van der Waals surface area contributed by atoms with Gasteiger partial charge in [-0.05, 0) is 34.1 Å². The minimum Gasteiger partial charge on any atom is -0.497 e. The standard InChI is InChI=1S/C14H11BrF2N2O2/c1-21-8-2-3-9(12(18)6-8)14(20)19-13-10(15)4-7(16)5-11(13)17/h2-6H,18H2,1H3,(H,19,20). The number of anilines is 2. The van der Waals surface area contributed by atoms with E-state index >= 15 is 0 Å². The number of halogens is 3. The van der Waals surface area contributed by atoms with E-state index < -0.39 is 17.5 Å². The number of carbonyl (C=O) groups excluding carboxylic acids is 1. The average molecular weight is 357 g/mol. The quantitative estimate of drug-likeness (QED) is 0.826. The Balaban J connectivity index is 2.30. The molecule has 0 saturated carbocycles. The number of ether oxygens (including phenoxy) is 1. The molecule has 21 heavy (non-hydrogen) atoms. The summed E-state index contributed by atoms with van der Waals surface area (Å²) in [6, 6.07) is 6.22. The molecule has 2 rings (SSSR count). The molecule has 0 spiro atoms. The summed E-state index contributed by atoms with van der Waals surface area (Å²) >= 11 is 2.99. The average Bonchev–Trinajstić information content (AvgIpc) is 2.42. The third-order valence-corrected chi connectivity index (χ3v) is 3.37. The van der Waals surface area contributed by atoms with Crippen LogP contribution in [0.25, 0.3) is 0 Å². The summed E-state index contributed by atoms with van der Waals surface area (Å²) in [6.07, 6.45) is 0. The van der Waals surface area contributed by atoms with Crippen molar-refractivity contribution in [2.75, 3.05) is 18.2 Å². The van der Waals surface area contributed by atoms with Crippen molar-refractivity contribution in [2.24, 2.45) is 0 Å². The Bertz CT molecular complexity index is 684. The summed E-state index contributed by atoms with van der Waals surface area (Å²) in [4.78, 5) is 12.1. The normalized spacial score (nSPS) is 10.3. The van der Waals surface area contributed by atoms with Crippen LogP contribution in [0.3, 0.4) is 0 Å². The lowest BCUT2D eigenvalue weighted by atomic mass is 10.1. The zero-order valence-electron chi connectivity index (χ0n) is 10.9. The number of nitrogen functional groups attached to an aromatic ring is 1. The molecule has 0 atom stereocenters. The van der Waals surface area contributed by atoms with E-state index in [-0.39, 0.29) is 21.4 Å². The molecule has 0 bridgehead atoms. The lowest BCUT2D eigenvalue weighted by Gasteiger charge is -2.11. The third kappa shape index (κ3) is 3.30. The Morgan fingerprint density at radius 3 is 2.57 bits per heavy atom. The predicted octanol–water partition coefficient (Wildman–Crippen LogP) is 3.57. The number of benzene rings is 2. The molecule has 0 aromatic heterocycles. The van der Waals surface area contributed by atoms with Crippen LogP contribution in [0.15, 0.2) is 34.8 Å². The summed E-state index contributed by atoms with van der Waals surface area (Å²) in [7, 11) is 1.47. The van der Waals surface area contributed by atoms with Crippen molar-refractivity contribution in [1.29, 1.82) is 0 Å². The van der Waals surface area contributed by atoms with Crippen molar-refractivity contribution in [2.45, 2.75) is 0 Å².